The topological polar surface area (TPSA) is 51.2 Å². The molecule has 0 unspecified atom stereocenters. The summed E-state index contributed by atoms with van der Waals surface area (Å²) in [6.45, 7) is 7.73. The molecule has 0 amide bonds. The quantitative estimate of drug-likeness (QED) is 0.597. The first-order valence-corrected chi connectivity index (χ1v) is 10.3. The van der Waals surface area contributed by atoms with E-state index in [1.807, 2.05) is 12.1 Å². The van der Waals surface area contributed by atoms with Gasteiger partial charge in [0.05, 0.1) is 11.0 Å². The third kappa shape index (κ3) is 7.30. The van der Waals surface area contributed by atoms with Gasteiger partial charge in [-0.1, -0.05) is 44.5 Å². The Morgan fingerprint density at radius 2 is 1.57 bits per heavy atom. The lowest BCUT2D eigenvalue weighted by Crippen LogP contribution is -2.17. The minimum absolute atomic E-state index is 0.231. The Kier molecular flexibility index (Phi) is 7.97. The Morgan fingerprint density at radius 3 is 2.09 bits per heavy atom. The minimum atomic E-state index is -2.94. The highest BCUT2D eigenvalue weighted by atomic mass is 32.2. The molecule has 0 saturated heterocycles. The summed E-state index contributed by atoms with van der Waals surface area (Å²) in [4.78, 5) is 12.0. The number of carbonyl (C=O) groups excluding carboxylic acids is 1. The first-order chi connectivity index (χ1) is 10.7. The van der Waals surface area contributed by atoms with E-state index in [0.717, 1.165) is 18.4 Å². The molecule has 4 heteroatoms. The summed E-state index contributed by atoms with van der Waals surface area (Å²) >= 11 is 0. The molecule has 0 spiro atoms. The van der Waals surface area contributed by atoms with Crippen molar-refractivity contribution < 1.29 is 13.2 Å². The van der Waals surface area contributed by atoms with E-state index >= 15 is 0 Å². The van der Waals surface area contributed by atoms with Crippen molar-refractivity contribution in [1.29, 1.82) is 0 Å². The van der Waals surface area contributed by atoms with Gasteiger partial charge in [0.2, 0.25) is 0 Å². The average molecular weight is 339 g/mol. The number of Topliss-reactive ketones (excluding diaryl/α,β-unsaturated/α-hetero) is 1. The molecule has 0 aliphatic heterocycles. The maximum Gasteiger partial charge on any atom is 0.152 e. The highest BCUT2D eigenvalue weighted by molar-refractivity contribution is 7.91. The second-order valence-electron chi connectivity index (χ2n) is 6.84. The normalized spacial score (nSPS) is 12.1. The number of benzene rings is 1. The Balaban J connectivity index is 2.27. The van der Waals surface area contributed by atoms with Crippen molar-refractivity contribution in [3.05, 3.63) is 35.4 Å². The van der Waals surface area contributed by atoms with Crippen LogP contribution in [0.15, 0.2) is 24.3 Å². The van der Waals surface area contributed by atoms with Crippen molar-refractivity contribution in [1.82, 2.24) is 0 Å². The number of ketones is 1. The maximum atomic E-state index is 12.0. The minimum Gasteiger partial charge on any atom is -0.299 e. The second-order valence-corrected chi connectivity index (χ2v) is 9.51. The molecule has 1 rings (SSSR count). The van der Waals surface area contributed by atoms with E-state index in [2.05, 4.69) is 26.0 Å². The Bertz CT molecular complexity index is 584. The van der Waals surface area contributed by atoms with E-state index in [1.165, 1.54) is 5.56 Å². The molecule has 0 heterocycles. The monoisotopic (exact) mass is 338 g/mol. The number of hydrogen-bond acceptors (Lipinski definition) is 3. The predicted octanol–water partition coefficient (Wildman–Crippen LogP) is 4.31. The van der Waals surface area contributed by atoms with Gasteiger partial charge in [0, 0.05) is 12.8 Å². The molecule has 23 heavy (non-hydrogen) atoms. The highest BCUT2D eigenvalue weighted by Crippen LogP contribution is 2.15. The van der Waals surface area contributed by atoms with Crippen LogP contribution in [-0.2, 0) is 21.1 Å². The fourth-order valence-electron chi connectivity index (χ4n) is 2.37. The van der Waals surface area contributed by atoms with E-state index < -0.39 is 9.84 Å². The summed E-state index contributed by atoms with van der Waals surface area (Å²) in [6, 6.07) is 8.24. The summed E-state index contributed by atoms with van der Waals surface area (Å²) in [5.41, 5.74) is 2.34. The standard InChI is InChI=1S/C19H30O3S/c1-15(2)18-11-9-17(10-12-18)14-19(20)8-6-5-7-13-23(21,22)16(3)4/h9-12,15-16H,5-8,13-14H2,1-4H3. The third-order valence-corrected chi connectivity index (χ3v) is 6.44. The van der Waals surface area contributed by atoms with Crippen LogP contribution < -0.4 is 0 Å². The molecule has 0 radical (unpaired) electrons. The number of rotatable bonds is 10. The van der Waals surface area contributed by atoms with Gasteiger partial charge in [0.1, 0.15) is 5.78 Å². The molecular formula is C19H30O3S. The van der Waals surface area contributed by atoms with Crippen LogP contribution in [0.25, 0.3) is 0 Å². The van der Waals surface area contributed by atoms with Crippen LogP contribution in [0.3, 0.4) is 0 Å². The van der Waals surface area contributed by atoms with Gasteiger partial charge in [0.15, 0.2) is 9.84 Å². The Labute approximate surface area is 141 Å². The van der Waals surface area contributed by atoms with Crippen LogP contribution in [-0.4, -0.2) is 25.2 Å². The zero-order valence-corrected chi connectivity index (χ0v) is 15.7. The fourth-order valence-corrected chi connectivity index (χ4v) is 3.45. The fraction of sp³-hybridized carbons (Fsp3) is 0.632. The molecule has 0 atom stereocenters. The van der Waals surface area contributed by atoms with Crippen LogP contribution in [0.2, 0.25) is 0 Å². The van der Waals surface area contributed by atoms with Gasteiger partial charge in [-0.25, -0.2) is 8.42 Å². The van der Waals surface area contributed by atoms with E-state index in [4.69, 9.17) is 0 Å². The Hall–Kier alpha value is -1.16. The summed E-state index contributed by atoms with van der Waals surface area (Å²) in [6.07, 6.45) is 3.23. The lowest BCUT2D eigenvalue weighted by atomic mass is 9.99. The summed E-state index contributed by atoms with van der Waals surface area (Å²) in [5.74, 6) is 0.964. The number of sulfone groups is 1. The second kappa shape index (κ2) is 9.21. The number of hydrogen-bond donors (Lipinski definition) is 0. The van der Waals surface area contributed by atoms with Crippen molar-refractivity contribution in [3.8, 4) is 0 Å². The average Bonchev–Trinajstić information content (AvgIpc) is 2.47. The molecule has 0 fully saturated rings. The van der Waals surface area contributed by atoms with Crippen LogP contribution in [0.4, 0.5) is 0 Å². The van der Waals surface area contributed by atoms with E-state index in [0.29, 0.717) is 25.2 Å². The molecule has 0 bridgehead atoms. The number of carbonyl (C=O) groups is 1. The zero-order valence-electron chi connectivity index (χ0n) is 14.8. The molecule has 3 nitrogen and oxygen atoms in total. The van der Waals surface area contributed by atoms with Crippen molar-refractivity contribution in [2.24, 2.45) is 0 Å². The summed E-state index contributed by atoms with van der Waals surface area (Å²) < 4.78 is 23.4. The van der Waals surface area contributed by atoms with E-state index in [1.54, 1.807) is 13.8 Å². The molecule has 0 aliphatic rings. The maximum absolute atomic E-state index is 12.0. The summed E-state index contributed by atoms with van der Waals surface area (Å²) in [7, 11) is -2.94. The predicted molar refractivity (Wildman–Crippen MR) is 96.6 cm³/mol. The molecule has 0 N–H and O–H groups in total. The van der Waals surface area contributed by atoms with Gasteiger partial charge in [-0.05, 0) is 43.7 Å². The zero-order chi connectivity index (χ0) is 17.5. The Morgan fingerprint density at radius 1 is 0.957 bits per heavy atom. The van der Waals surface area contributed by atoms with Crippen molar-refractivity contribution in [2.75, 3.05) is 5.75 Å². The molecule has 0 aromatic heterocycles. The third-order valence-electron chi connectivity index (χ3n) is 4.15. The van der Waals surface area contributed by atoms with Crippen molar-refractivity contribution >= 4 is 15.6 Å². The number of unbranched alkanes of at least 4 members (excludes halogenated alkanes) is 2. The van der Waals surface area contributed by atoms with E-state index in [-0.39, 0.29) is 16.8 Å². The lowest BCUT2D eigenvalue weighted by Gasteiger charge is -2.08. The molecule has 1 aromatic carbocycles. The van der Waals surface area contributed by atoms with Gasteiger partial charge in [-0.3, -0.25) is 4.79 Å². The van der Waals surface area contributed by atoms with Crippen LogP contribution in [0, 0.1) is 0 Å². The molecular weight excluding hydrogens is 308 g/mol. The highest BCUT2D eigenvalue weighted by Gasteiger charge is 2.15. The first-order valence-electron chi connectivity index (χ1n) is 8.54. The van der Waals surface area contributed by atoms with Crippen LogP contribution in [0.1, 0.15) is 70.4 Å². The molecule has 130 valence electrons. The summed E-state index contributed by atoms with van der Waals surface area (Å²) in [5, 5.41) is -0.307. The van der Waals surface area contributed by atoms with Crippen LogP contribution >= 0.6 is 0 Å². The SMILES string of the molecule is CC(C)c1ccc(CC(=O)CCCCCS(=O)(=O)C(C)C)cc1. The van der Waals surface area contributed by atoms with Crippen LogP contribution in [0.5, 0.6) is 0 Å². The molecule has 0 saturated carbocycles. The van der Waals surface area contributed by atoms with Gasteiger partial charge in [0.25, 0.3) is 0 Å². The molecule has 0 aliphatic carbocycles. The first kappa shape index (κ1) is 19.9. The van der Waals surface area contributed by atoms with Crippen molar-refractivity contribution in [3.63, 3.8) is 0 Å². The van der Waals surface area contributed by atoms with Gasteiger partial charge in [-0.2, -0.15) is 0 Å². The van der Waals surface area contributed by atoms with Gasteiger partial charge < -0.3 is 0 Å². The van der Waals surface area contributed by atoms with E-state index in [9.17, 15) is 13.2 Å². The molecule has 1 aromatic rings. The van der Waals surface area contributed by atoms with Crippen molar-refractivity contribution in [2.45, 2.75) is 71.0 Å². The lowest BCUT2D eigenvalue weighted by molar-refractivity contribution is -0.118. The largest absolute Gasteiger partial charge is 0.299 e. The van der Waals surface area contributed by atoms with Gasteiger partial charge >= 0.3 is 0 Å². The smallest absolute Gasteiger partial charge is 0.152 e. The van der Waals surface area contributed by atoms with Gasteiger partial charge in [-0.15, -0.1) is 0 Å².